The average Bonchev–Trinajstić information content (AvgIpc) is 2.91. The van der Waals surface area contributed by atoms with Gasteiger partial charge in [-0.2, -0.15) is 5.10 Å². The van der Waals surface area contributed by atoms with Gasteiger partial charge in [0.1, 0.15) is 11.5 Å². The Labute approximate surface area is 128 Å². The number of nitrogens with zero attached hydrogens (tertiary/aromatic N) is 2. The molecule has 1 unspecified atom stereocenters. The molecule has 1 N–H and O–H groups in total. The van der Waals surface area contributed by atoms with Crippen LogP contribution in [0.1, 0.15) is 49.1 Å². The maximum atomic E-state index is 5.69. The molecule has 0 aliphatic rings. The van der Waals surface area contributed by atoms with Crippen LogP contribution in [0.25, 0.3) is 0 Å². The van der Waals surface area contributed by atoms with Crippen LogP contribution in [0.3, 0.4) is 0 Å². The van der Waals surface area contributed by atoms with Gasteiger partial charge in [0.05, 0.1) is 22.4 Å². The first-order valence-electron chi connectivity index (χ1n) is 7.10. The summed E-state index contributed by atoms with van der Waals surface area (Å²) in [5, 5.41) is 8.01. The van der Waals surface area contributed by atoms with Crippen molar-refractivity contribution in [2.75, 3.05) is 6.54 Å². The first kappa shape index (κ1) is 15.3. The standard InChI is InChI=1S/C15H22BrN3O/c1-5-7-19-15(13(16)9-18-19)14(17-6-2)12-8-10(3)20-11(12)4/h8-9,14,17H,5-7H2,1-4H3. The van der Waals surface area contributed by atoms with Gasteiger partial charge in [0.15, 0.2) is 0 Å². The van der Waals surface area contributed by atoms with E-state index in [-0.39, 0.29) is 6.04 Å². The second kappa shape index (κ2) is 6.59. The van der Waals surface area contributed by atoms with Crippen molar-refractivity contribution in [2.24, 2.45) is 0 Å². The normalized spacial score (nSPS) is 12.8. The minimum Gasteiger partial charge on any atom is -0.466 e. The molecule has 20 heavy (non-hydrogen) atoms. The molecule has 4 nitrogen and oxygen atoms in total. The van der Waals surface area contributed by atoms with E-state index >= 15 is 0 Å². The molecule has 2 rings (SSSR count). The summed E-state index contributed by atoms with van der Waals surface area (Å²) in [4.78, 5) is 0. The molecule has 1 atom stereocenters. The van der Waals surface area contributed by atoms with Gasteiger partial charge < -0.3 is 9.73 Å². The first-order valence-corrected chi connectivity index (χ1v) is 7.89. The number of rotatable bonds is 6. The highest BCUT2D eigenvalue weighted by molar-refractivity contribution is 9.10. The second-order valence-corrected chi connectivity index (χ2v) is 5.81. The number of halogens is 1. The lowest BCUT2D eigenvalue weighted by Crippen LogP contribution is -2.25. The quantitative estimate of drug-likeness (QED) is 0.865. The van der Waals surface area contributed by atoms with E-state index in [2.05, 4.69) is 50.9 Å². The Balaban J connectivity index is 2.48. The number of furan rings is 1. The average molecular weight is 340 g/mol. The summed E-state index contributed by atoms with van der Waals surface area (Å²) in [6.45, 7) is 10.1. The highest BCUT2D eigenvalue weighted by Crippen LogP contribution is 2.32. The second-order valence-electron chi connectivity index (χ2n) is 4.96. The van der Waals surface area contributed by atoms with Crippen LogP contribution in [0.15, 0.2) is 21.2 Å². The number of hydrogen-bond acceptors (Lipinski definition) is 3. The van der Waals surface area contributed by atoms with Gasteiger partial charge in [-0.1, -0.05) is 13.8 Å². The van der Waals surface area contributed by atoms with Gasteiger partial charge in [-0.3, -0.25) is 4.68 Å². The predicted octanol–water partition coefficient (Wildman–Crippen LogP) is 3.96. The number of aromatic nitrogens is 2. The van der Waals surface area contributed by atoms with Gasteiger partial charge in [0, 0.05) is 12.1 Å². The van der Waals surface area contributed by atoms with Crippen molar-refractivity contribution in [3.8, 4) is 0 Å². The molecule has 0 aliphatic carbocycles. The van der Waals surface area contributed by atoms with E-state index < -0.39 is 0 Å². The summed E-state index contributed by atoms with van der Waals surface area (Å²) >= 11 is 3.63. The zero-order valence-electron chi connectivity index (χ0n) is 12.5. The Morgan fingerprint density at radius 2 is 2.15 bits per heavy atom. The van der Waals surface area contributed by atoms with E-state index in [4.69, 9.17) is 4.42 Å². The Morgan fingerprint density at radius 1 is 1.40 bits per heavy atom. The van der Waals surface area contributed by atoms with Crippen LogP contribution in [0.2, 0.25) is 0 Å². The van der Waals surface area contributed by atoms with Crippen molar-refractivity contribution in [3.05, 3.63) is 39.5 Å². The third kappa shape index (κ3) is 2.99. The number of aryl methyl sites for hydroxylation is 3. The van der Waals surface area contributed by atoms with Gasteiger partial charge >= 0.3 is 0 Å². The number of hydrogen-bond donors (Lipinski definition) is 1. The smallest absolute Gasteiger partial charge is 0.106 e. The largest absolute Gasteiger partial charge is 0.466 e. The summed E-state index contributed by atoms with van der Waals surface area (Å²) in [5.74, 6) is 1.91. The molecule has 0 amide bonds. The lowest BCUT2D eigenvalue weighted by Gasteiger charge is -2.20. The van der Waals surface area contributed by atoms with Crippen LogP contribution in [-0.2, 0) is 6.54 Å². The molecule has 0 radical (unpaired) electrons. The third-order valence-electron chi connectivity index (χ3n) is 3.34. The monoisotopic (exact) mass is 339 g/mol. The van der Waals surface area contributed by atoms with E-state index in [0.717, 1.165) is 41.2 Å². The summed E-state index contributed by atoms with van der Waals surface area (Å²) in [7, 11) is 0. The van der Waals surface area contributed by atoms with Crippen molar-refractivity contribution < 1.29 is 4.42 Å². The fraction of sp³-hybridized carbons (Fsp3) is 0.533. The van der Waals surface area contributed by atoms with Gasteiger partial charge in [-0.05, 0) is 48.8 Å². The Bertz CT molecular complexity index is 574. The molecule has 0 bridgehead atoms. The molecule has 0 aromatic carbocycles. The lowest BCUT2D eigenvalue weighted by atomic mass is 10.0. The summed E-state index contributed by atoms with van der Waals surface area (Å²) < 4.78 is 8.80. The fourth-order valence-corrected chi connectivity index (χ4v) is 3.07. The molecule has 5 heteroatoms. The Kier molecular flexibility index (Phi) is 5.05. The molecule has 0 fully saturated rings. The zero-order chi connectivity index (χ0) is 14.7. The van der Waals surface area contributed by atoms with Crippen LogP contribution in [0, 0.1) is 13.8 Å². The molecule has 0 spiro atoms. The van der Waals surface area contributed by atoms with Gasteiger partial charge in [0.2, 0.25) is 0 Å². The van der Waals surface area contributed by atoms with Crippen LogP contribution >= 0.6 is 15.9 Å². The summed E-state index contributed by atoms with van der Waals surface area (Å²) in [6, 6.07) is 2.21. The van der Waals surface area contributed by atoms with Crippen molar-refractivity contribution in [1.29, 1.82) is 0 Å². The molecule has 2 aromatic heterocycles. The molecule has 0 aliphatic heterocycles. The van der Waals surface area contributed by atoms with E-state index in [1.165, 1.54) is 5.56 Å². The third-order valence-corrected chi connectivity index (χ3v) is 3.95. The maximum absolute atomic E-state index is 5.69. The molecule has 0 saturated carbocycles. The summed E-state index contributed by atoms with van der Waals surface area (Å²) in [6.07, 6.45) is 2.93. The molecular formula is C15H22BrN3O. The van der Waals surface area contributed by atoms with Crippen LogP contribution in [-0.4, -0.2) is 16.3 Å². The van der Waals surface area contributed by atoms with Gasteiger partial charge in [-0.25, -0.2) is 0 Å². The van der Waals surface area contributed by atoms with E-state index in [1.807, 2.05) is 20.0 Å². The highest BCUT2D eigenvalue weighted by Gasteiger charge is 2.24. The fourth-order valence-electron chi connectivity index (χ4n) is 2.54. The lowest BCUT2D eigenvalue weighted by molar-refractivity contribution is 0.484. The first-order chi connectivity index (χ1) is 9.58. The predicted molar refractivity (Wildman–Crippen MR) is 83.9 cm³/mol. The summed E-state index contributed by atoms with van der Waals surface area (Å²) in [5.41, 5.74) is 2.35. The zero-order valence-corrected chi connectivity index (χ0v) is 14.1. The van der Waals surface area contributed by atoms with E-state index in [0.29, 0.717) is 0 Å². The molecule has 2 aromatic rings. The number of nitrogens with one attached hydrogen (secondary N) is 1. The van der Waals surface area contributed by atoms with Crippen LogP contribution in [0.4, 0.5) is 0 Å². The highest BCUT2D eigenvalue weighted by atomic mass is 79.9. The molecule has 2 heterocycles. The van der Waals surface area contributed by atoms with Crippen LogP contribution in [0.5, 0.6) is 0 Å². The maximum Gasteiger partial charge on any atom is 0.106 e. The minimum absolute atomic E-state index is 0.0980. The SMILES string of the molecule is CCCn1ncc(Br)c1C(NCC)c1cc(C)oc1C. The topological polar surface area (TPSA) is 43.0 Å². The van der Waals surface area contributed by atoms with E-state index in [1.54, 1.807) is 0 Å². The Morgan fingerprint density at radius 3 is 2.70 bits per heavy atom. The molecular weight excluding hydrogens is 318 g/mol. The molecule has 110 valence electrons. The molecule has 0 saturated heterocycles. The van der Waals surface area contributed by atoms with Crippen molar-refractivity contribution in [2.45, 2.75) is 46.7 Å². The van der Waals surface area contributed by atoms with E-state index in [9.17, 15) is 0 Å². The van der Waals surface area contributed by atoms with Crippen molar-refractivity contribution >= 4 is 15.9 Å². The van der Waals surface area contributed by atoms with Crippen molar-refractivity contribution in [1.82, 2.24) is 15.1 Å². The minimum atomic E-state index is 0.0980. The van der Waals surface area contributed by atoms with Gasteiger partial charge in [-0.15, -0.1) is 0 Å². The Hall–Kier alpha value is -1.07. The van der Waals surface area contributed by atoms with Crippen LogP contribution < -0.4 is 5.32 Å². The van der Waals surface area contributed by atoms with Gasteiger partial charge in [0.25, 0.3) is 0 Å². The van der Waals surface area contributed by atoms with Crippen molar-refractivity contribution in [3.63, 3.8) is 0 Å².